The lowest BCUT2D eigenvalue weighted by molar-refractivity contribution is -0.119. The predicted octanol–water partition coefficient (Wildman–Crippen LogP) is 2.23. The highest BCUT2D eigenvalue weighted by Crippen LogP contribution is 2.35. The monoisotopic (exact) mass is 468 g/mol. The Morgan fingerprint density at radius 3 is 2.30 bits per heavy atom. The van der Waals surface area contributed by atoms with Crippen LogP contribution in [0.1, 0.15) is 51.1 Å². The number of carbonyl (C=O) groups is 3. The summed E-state index contributed by atoms with van der Waals surface area (Å²) in [7, 11) is -3.49. The number of anilines is 1. The summed E-state index contributed by atoms with van der Waals surface area (Å²) in [5, 5.41) is 2.20. The highest BCUT2D eigenvalue weighted by molar-refractivity contribution is 7.89. The number of amides is 1. The number of ketones is 2. The standard InChI is InChI=1S/C24H24N2O6S/c27-22-17-4-1-2-5-18(17)23(28)21-19(22)6-3-7-20(21)25-24(29)15-8-9-16(14-15)33(30,31)26-10-12-32-13-11-26/h1-7,15-16H,8-14H2,(H,25,29). The van der Waals surface area contributed by atoms with Crippen molar-refractivity contribution in [3.8, 4) is 0 Å². The summed E-state index contributed by atoms with van der Waals surface area (Å²) in [6, 6.07) is 11.5. The van der Waals surface area contributed by atoms with Gasteiger partial charge in [0.25, 0.3) is 0 Å². The summed E-state index contributed by atoms with van der Waals surface area (Å²) in [6.07, 6.45) is 1.09. The Labute approximate surface area is 192 Å². The molecule has 0 radical (unpaired) electrons. The Morgan fingerprint density at radius 1 is 0.909 bits per heavy atom. The van der Waals surface area contributed by atoms with Gasteiger partial charge >= 0.3 is 0 Å². The zero-order valence-corrected chi connectivity index (χ0v) is 18.8. The first-order valence-electron chi connectivity index (χ1n) is 11.1. The number of hydrogen-bond acceptors (Lipinski definition) is 6. The molecule has 5 rings (SSSR count). The van der Waals surface area contributed by atoms with Crippen LogP contribution in [0.2, 0.25) is 0 Å². The number of benzene rings is 2. The predicted molar refractivity (Wildman–Crippen MR) is 121 cm³/mol. The number of sulfonamides is 1. The van der Waals surface area contributed by atoms with Crippen LogP contribution in [0.4, 0.5) is 5.69 Å². The molecule has 2 unspecified atom stereocenters. The van der Waals surface area contributed by atoms with Crippen molar-refractivity contribution in [2.24, 2.45) is 5.92 Å². The first kappa shape index (κ1) is 21.9. The zero-order valence-electron chi connectivity index (χ0n) is 18.0. The van der Waals surface area contributed by atoms with Crippen molar-refractivity contribution in [1.82, 2.24) is 4.31 Å². The summed E-state index contributed by atoms with van der Waals surface area (Å²) in [5.41, 5.74) is 1.39. The van der Waals surface area contributed by atoms with Crippen LogP contribution in [0.3, 0.4) is 0 Å². The van der Waals surface area contributed by atoms with Crippen LogP contribution in [-0.2, 0) is 19.6 Å². The number of nitrogens with zero attached hydrogens (tertiary/aromatic N) is 1. The molecule has 2 aromatic carbocycles. The van der Waals surface area contributed by atoms with E-state index in [2.05, 4.69) is 5.32 Å². The maximum Gasteiger partial charge on any atom is 0.227 e. The molecule has 2 fully saturated rings. The third-order valence-corrected chi connectivity index (χ3v) is 9.07. The lowest BCUT2D eigenvalue weighted by Gasteiger charge is -2.28. The van der Waals surface area contributed by atoms with Gasteiger partial charge in [-0.3, -0.25) is 14.4 Å². The fourth-order valence-electron chi connectivity index (χ4n) is 4.94. The second-order valence-electron chi connectivity index (χ2n) is 8.61. The molecule has 1 aliphatic heterocycles. The molecule has 0 aromatic heterocycles. The molecule has 1 N–H and O–H groups in total. The highest BCUT2D eigenvalue weighted by atomic mass is 32.2. The second-order valence-corrected chi connectivity index (χ2v) is 10.8. The minimum absolute atomic E-state index is 0.185. The van der Waals surface area contributed by atoms with Gasteiger partial charge in [0.05, 0.1) is 29.7 Å². The molecule has 2 aliphatic carbocycles. The van der Waals surface area contributed by atoms with Gasteiger partial charge < -0.3 is 10.1 Å². The molecule has 0 spiro atoms. The van der Waals surface area contributed by atoms with Crippen molar-refractivity contribution in [3.63, 3.8) is 0 Å². The van der Waals surface area contributed by atoms with Crippen LogP contribution in [0.5, 0.6) is 0 Å². The number of ether oxygens (including phenoxy) is 1. The molecular formula is C24H24N2O6S. The molecule has 2 aromatic rings. The molecule has 172 valence electrons. The number of morpholine rings is 1. The van der Waals surface area contributed by atoms with Crippen LogP contribution < -0.4 is 5.32 Å². The van der Waals surface area contributed by atoms with Crippen molar-refractivity contribution in [1.29, 1.82) is 0 Å². The van der Waals surface area contributed by atoms with Gasteiger partial charge in [-0.15, -0.1) is 0 Å². The van der Waals surface area contributed by atoms with Crippen molar-refractivity contribution in [2.75, 3.05) is 31.6 Å². The third-order valence-electron chi connectivity index (χ3n) is 6.72. The van der Waals surface area contributed by atoms with Crippen LogP contribution in [-0.4, -0.2) is 61.7 Å². The van der Waals surface area contributed by atoms with Crippen LogP contribution in [0, 0.1) is 5.92 Å². The molecule has 1 saturated carbocycles. The minimum Gasteiger partial charge on any atom is -0.379 e. The molecule has 8 nitrogen and oxygen atoms in total. The average Bonchev–Trinajstić information content (AvgIpc) is 3.35. The normalized spacial score (nSPS) is 23.2. The van der Waals surface area contributed by atoms with E-state index in [0.29, 0.717) is 50.3 Å². The third kappa shape index (κ3) is 3.80. The van der Waals surface area contributed by atoms with E-state index in [0.717, 1.165) is 0 Å². The first-order valence-corrected chi connectivity index (χ1v) is 12.6. The quantitative estimate of drug-likeness (QED) is 0.629. The van der Waals surface area contributed by atoms with E-state index in [-0.39, 0.29) is 40.7 Å². The van der Waals surface area contributed by atoms with Gasteiger partial charge in [0.2, 0.25) is 15.9 Å². The summed E-state index contributed by atoms with van der Waals surface area (Å²) >= 11 is 0. The molecule has 33 heavy (non-hydrogen) atoms. The van der Waals surface area contributed by atoms with Gasteiger partial charge in [-0.2, -0.15) is 4.31 Å². The Morgan fingerprint density at radius 2 is 1.58 bits per heavy atom. The van der Waals surface area contributed by atoms with Crippen molar-refractivity contribution >= 4 is 33.2 Å². The molecule has 1 heterocycles. The fraction of sp³-hybridized carbons (Fsp3) is 0.375. The maximum atomic E-state index is 13.1. The van der Waals surface area contributed by atoms with E-state index in [9.17, 15) is 22.8 Å². The van der Waals surface area contributed by atoms with Gasteiger partial charge in [-0.25, -0.2) is 8.42 Å². The smallest absolute Gasteiger partial charge is 0.227 e. The van der Waals surface area contributed by atoms with Crippen LogP contribution in [0.15, 0.2) is 42.5 Å². The summed E-state index contributed by atoms with van der Waals surface area (Å²) in [4.78, 5) is 39.1. The number of carbonyl (C=O) groups excluding carboxylic acids is 3. The van der Waals surface area contributed by atoms with Gasteiger partial charge in [0.15, 0.2) is 11.6 Å². The van der Waals surface area contributed by atoms with Crippen molar-refractivity contribution in [2.45, 2.75) is 24.5 Å². The topological polar surface area (TPSA) is 110 Å². The fourth-order valence-corrected chi connectivity index (χ4v) is 6.93. The second kappa shape index (κ2) is 8.48. The van der Waals surface area contributed by atoms with E-state index >= 15 is 0 Å². The minimum atomic E-state index is -3.49. The Balaban J connectivity index is 1.35. The summed E-state index contributed by atoms with van der Waals surface area (Å²) in [6.45, 7) is 1.43. The Hall–Kier alpha value is -2.88. The molecule has 0 bridgehead atoms. The van der Waals surface area contributed by atoms with Gasteiger partial charge in [0, 0.05) is 35.7 Å². The van der Waals surface area contributed by atoms with E-state index in [1.165, 1.54) is 4.31 Å². The van der Waals surface area contributed by atoms with Crippen LogP contribution in [0.25, 0.3) is 0 Å². The van der Waals surface area contributed by atoms with E-state index in [1.807, 2.05) is 0 Å². The van der Waals surface area contributed by atoms with E-state index in [4.69, 9.17) is 4.74 Å². The number of nitrogens with one attached hydrogen (secondary N) is 1. The zero-order chi connectivity index (χ0) is 23.2. The van der Waals surface area contributed by atoms with E-state index in [1.54, 1.807) is 42.5 Å². The number of hydrogen-bond donors (Lipinski definition) is 1. The molecular weight excluding hydrogens is 444 g/mol. The average molecular weight is 469 g/mol. The van der Waals surface area contributed by atoms with Crippen molar-refractivity contribution < 1.29 is 27.5 Å². The van der Waals surface area contributed by atoms with Gasteiger partial charge in [0.1, 0.15) is 0 Å². The summed E-state index contributed by atoms with van der Waals surface area (Å²) < 4.78 is 32.6. The lowest BCUT2D eigenvalue weighted by atomic mass is 9.83. The first-order chi connectivity index (χ1) is 15.9. The largest absolute Gasteiger partial charge is 0.379 e. The van der Waals surface area contributed by atoms with Gasteiger partial charge in [-0.05, 0) is 25.3 Å². The Kier molecular flexibility index (Phi) is 5.64. The van der Waals surface area contributed by atoms with Crippen LogP contribution >= 0.6 is 0 Å². The molecule has 1 saturated heterocycles. The lowest BCUT2D eigenvalue weighted by Crippen LogP contribution is -2.44. The number of rotatable bonds is 4. The maximum absolute atomic E-state index is 13.1. The SMILES string of the molecule is O=C1c2ccccc2C(=O)c2c(NC(=O)C3CCC(S(=O)(=O)N4CCOCC4)C3)cccc21. The highest BCUT2D eigenvalue weighted by Gasteiger charge is 2.41. The number of fused-ring (bicyclic) bond motifs is 2. The molecule has 1 amide bonds. The molecule has 2 atom stereocenters. The van der Waals surface area contributed by atoms with Crippen molar-refractivity contribution in [3.05, 3.63) is 64.7 Å². The molecule has 9 heteroatoms. The summed E-state index contributed by atoms with van der Waals surface area (Å²) in [5.74, 6) is -1.38. The van der Waals surface area contributed by atoms with E-state index < -0.39 is 21.2 Å². The van der Waals surface area contributed by atoms with Gasteiger partial charge in [-0.1, -0.05) is 36.4 Å². The molecule has 3 aliphatic rings. The Bertz CT molecular complexity index is 1250.